The number of thiazole rings is 1. The van der Waals surface area contributed by atoms with E-state index in [-0.39, 0.29) is 18.3 Å². The van der Waals surface area contributed by atoms with Crippen molar-refractivity contribution in [3.05, 3.63) is 47.6 Å². The van der Waals surface area contributed by atoms with Crippen LogP contribution in [0.15, 0.2) is 42.0 Å². The molecule has 2 heterocycles. The number of alkyl halides is 3. The molecule has 0 aliphatic carbocycles. The van der Waals surface area contributed by atoms with Gasteiger partial charge in [0.05, 0.1) is 11.3 Å². The van der Waals surface area contributed by atoms with Crippen molar-refractivity contribution in [3.8, 4) is 17.0 Å². The summed E-state index contributed by atoms with van der Waals surface area (Å²) >= 11 is 1.36. The summed E-state index contributed by atoms with van der Waals surface area (Å²) < 4.78 is 46.7. The minimum Gasteiger partial charge on any atom is -0.491 e. The summed E-state index contributed by atoms with van der Waals surface area (Å²) in [6, 6.07) is 5.42. The third kappa shape index (κ3) is 6.38. The molecule has 166 valence electrons. The van der Waals surface area contributed by atoms with E-state index in [0.717, 1.165) is 6.07 Å². The predicted molar refractivity (Wildman–Crippen MR) is 115 cm³/mol. The SMILES string of the molecule is CC(C)CC(C)(N)COc1ccc(-c2ccnc(Nc3nccs3)n2)cc1C(F)(F)F. The molecule has 0 bridgehead atoms. The van der Waals surface area contributed by atoms with Gasteiger partial charge in [0.1, 0.15) is 12.4 Å². The summed E-state index contributed by atoms with van der Waals surface area (Å²) in [6.07, 6.45) is -0.869. The minimum absolute atomic E-state index is 0.0248. The molecular formula is C21H24F3N5OS. The molecule has 10 heteroatoms. The van der Waals surface area contributed by atoms with E-state index in [2.05, 4.69) is 20.3 Å². The normalized spacial score (nSPS) is 13.8. The van der Waals surface area contributed by atoms with Crippen molar-refractivity contribution < 1.29 is 17.9 Å². The molecule has 0 aliphatic heterocycles. The maximum Gasteiger partial charge on any atom is 0.419 e. The van der Waals surface area contributed by atoms with Gasteiger partial charge in [-0.25, -0.2) is 15.0 Å². The fourth-order valence-electron chi connectivity index (χ4n) is 3.23. The van der Waals surface area contributed by atoms with Crippen LogP contribution in [0.5, 0.6) is 5.75 Å². The maximum atomic E-state index is 13.7. The van der Waals surface area contributed by atoms with Gasteiger partial charge in [0.25, 0.3) is 0 Å². The molecule has 1 aromatic carbocycles. The molecular weight excluding hydrogens is 427 g/mol. The Bertz CT molecular complexity index is 1010. The van der Waals surface area contributed by atoms with Gasteiger partial charge >= 0.3 is 6.18 Å². The number of anilines is 2. The smallest absolute Gasteiger partial charge is 0.419 e. The van der Waals surface area contributed by atoms with E-state index in [1.165, 1.54) is 29.7 Å². The van der Waals surface area contributed by atoms with Crippen molar-refractivity contribution in [2.24, 2.45) is 11.7 Å². The molecule has 6 nitrogen and oxygen atoms in total. The third-order valence-corrected chi connectivity index (χ3v) is 5.01. The predicted octanol–water partition coefficient (Wildman–Crippen LogP) is 5.50. The number of aromatic nitrogens is 3. The van der Waals surface area contributed by atoms with Gasteiger partial charge in [0.2, 0.25) is 5.95 Å². The second-order valence-electron chi connectivity index (χ2n) is 7.98. The fourth-order valence-corrected chi connectivity index (χ4v) is 3.75. The van der Waals surface area contributed by atoms with Gasteiger partial charge in [-0.2, -0.15) is 13.2 Å². The van der Waals surface area contributed by atoms with Crippen LogP contribution in [0.25, 0.3) is 11.3 Å². The summed E-state index contributed by atoms with van der Waals surface area (Å²) in [5.41, 5.74) is 5.21. The number of nitrogens with zero attached hydrogens (tertiary/aromatic N) is 3. The zero-order valence-corrected chi connectivity index (χ0v) is 18.2. The molecule has 0 saturated carbocycles. The summed E-state index contributed by atoms with van der Waals surface area (Å²) in [7, 11) is 0. The first-order valence-corrected chi connectivity index (χ1v) is 10.5. The van der Waals surface area contributed by atoms with Crippen LogP contribution in [0, 0.1) is 5.92 Å². The summed E-state index contributed by atoms with van der Waals surface area (Å²) in [5, 5.41) is 5.30. The first-order chi connectivity index (χ1) is 14.5. The Labute approximate surface area is 182 Å². The molecule has 0 radical (unpaired) electrons. The molecule has 0 fully saturated rings. The molecule has 0 saturated heterocycles. The topological polar surface area (TPSA) is 86.0 Å². The lowest BCUT2D eigenvalue weighted by molar-refractivity contribution is -0.139. The average Bonchev–Trinajstić information content (AvgIpc) is 3.18. The van der Waals surface area contributed by atoms with Crippen LogP contribution < -0.4 is 15.8 Å². The van der Waals surface area contributed by atoms with Gasteiger partial charge < -0.3 is 15.8 Å². The molecule has 3 rings (SSSR count). The van der Waals surface area contributed by atoms with Crippen molar-refractivity contribution in [1.29, 1.82) is 0 Å². The van der Waals surface area contributed by atoms with Gasteiger partial charge in [-0.1, -0.05) is 13.8 Å². The number of nitrogens with one attached hydrogen (secondary N) is 1. The number of halogens is 3. The van der Waals surface area contributed by atoms with Crippen LogP contribution in [0.4, 0.5) is 24.3 Å². The number of benzene rings is 1. The minimum atomic E-state index is -4.59. The number of hydrogen-bond donors (Lipinski definition) is 2. The molecule has 1 atom stereocenters. The Morgan fingerprint density at radius 2 is 1.94 bits per heavy atom. The Balaban J connectivity index is 1.86. The van der Waals surface area contributed by atoms with Crippen molar-refractivity contribution in [3.63, 3.8) is 0 Å². The lowest BCUT2D eigenvalue weighted by atomic mass is 9.93. The van der Waals surface area contributed by atoms with Crippen molar-refractivity contribution in [1.82, 2.24) is 15.0 Å². The van der Waals surface area contributed by atoms with E-state index < -0.39 is 17.3 Å². The fraction of sp³-hybridized carbons (Fsp3) is 0.381. The quantitative estimate of drug-likeness (QED) is 0.470. The van der Waals surface area contributed by atoms with E-state index >= 15 is 0 Å². The first kappa shape index (κ1) is 23.0. The highest BCUT2D eigenvalue weighted by atomic mass is 32.1. The zero-order valence-electron chi connectivity index (χ0n) is 17.4. The first-order valence-electron chi connectivity index (χ1n) is 9.66. The van der Waals surface area contributed by atoms with Gasteiger partial charge in [-0.05, 0) is 43.5 Å². The number of nitrogens with two attached hydrogens (primary N) is 1. The van der Waals surface area contributed by atoms with E-state index in [1.807, 2.05) is 13.8 Å². The van der Waals surface area contributed by atoms with Gasteiger partial charge in [0, 0.05) is 28.9 Å². The maximum absolute atomic E-state index is 13.7. The van der Waals surface area contributed by atoms with Crippen molar-refractivity contribution in [2.75, 3.05) is 11.9 Å². The summed E-state index contributed by atoms with van der Waals surface area (Å²) in [5.74, 6) is 0.286. The van der Waals surface area contributed by atoms with Crippen LogP contribution in [0.3, 0.4) is 0 Å². The highest BCUT2D eigenvalue weighted by Crippen LogP contribution is 2.39. The Morgan fingerprint density at radius 3 is 2.58 bits per heavy atom. The van der Waals surface area contributed by atoms with Crippen LogP contribution in [-0.4, -0.2) is 27.1 Å². The van der Waals surface area contributed by atoms with E-state index in [0.29, 0.717) is 28.7 Å². The Morgan fingerprint density at radius 1 is 1.16 bits per heavy atom. The highest BCUT2D eigenvalue weighted by Gasteiger charge is 2.35. The Hall–Kier alpha value is -2.72. The summed E-state index contributed by atoms with van der Waals surface area (Å²) in [6.45, 7) is 5.75. The molecule has 0 aliphatic rings. The molecule has 2 aromatic heterocycles. The molecule has 3 aromatic rings. The third-order valence-electron chi connectivity index (χ3n) is 4.32. The van der Waals surface area contributed by atoms with Crippen LogP contribution in [-0.2, 0) is 6.18 Å². The van der Waals surface area contributed by atoms with Crippen molar-refractivity contribution in [2.45, 2.75) is 38.9 Å². The molecule has 31 heavy (non-hydrogen) atoms. The zero-order chi connectivity index (χ0) is 22.6. The molecule has 0 spiro atoms. The van der Waals surface area contributed by atoms with E-state index in [1.54, 1.807) is 24.6 Å². The van der Waals surface area contributed by atoms with E-state index in [9.17, 15) is 13.2 Å². The number of hydrogen-bond acceptors (Lipinski definition) is 7. The van der Waals surface area contributed by atoms with Crippen LogP contribution in [0.2, 0.25) is 0 Å². The molecule has 3 N–H and O–H groups in total. The average molecular weight is 452 g/mol. The van der Waals surface area contributed by atoms with Crippen LogP contribution >= 0.6 is 11.3 Å². The second kappa shape index (κ2) is 9.19. The monoisotopic (exact) mass is 451 g/mol. The highest BCUT2D eigenvalue weighted by molar-refractivity contribution is 7.13. The number of ether oxygens (including phenoxy) is 1. The Kier molecular flexibility index (Phi) is 6.80. The standard InChI is InChI=1S/C21H24F3N5OS/c1-13(2)11-20(3,25)12-30-17-5-4-14(10-15(17)21(22,23)24)16-6-7-26-18(28-16)29-19-27-8-9-31-19/h4-10,13H,11-12,25H2,1-3H3,(H,26,27,28,29). The number of rotatable bonds is 8. The van der Waals surface area contributed by atoms with Gasteiger partial charge in [-0.3, -0.25) is 0 Å². The van der Waals surface area contributed by atoms with E-state index in [4.69, 9.17) is 10.5 Å². The van der Waals surface area contributed by atoms with Crippen molar-refractivity contribution >= 4 is 22.4 Å². The van der Waals surface area contributed by atoms with Crippen LogP contribution in [0.1, 0.15) is 32.8 Å². The van der Waals surface area contributed by atoms with Gasteiger partial charge in [-0.15, -0.1) is 11.3 Å². The lowest BCUT2D eigenvalue weighted by Gasteiger charge is -2.27. The largest absolute Gasteiger partial charge is 0.491 e. The van der Waals surface area contributed by atoms with Gasteiger partial charge in [0.15, 0.2) is 5.13 Å². The molecule has 1 unspecified atom stereocenters. The second-order valence-corrected chi connectivity index (χ2v) is 8.87. The molecule has 0 amide bonds. The summed E-state index contributed by atoms with van der Waals surface area (Å²) in [4.78, 5) is 12.5. The lowest BCUT2D eigenvalue weighted by Crippen LogP contribution is -2.43.